The smallest absolute Gasteiger partial charge is 0.137 e. The zero-order chi connectivity index (χ0) is 18.2. The Morgan fingerprint density at radius 1 is 0.720 bits per heavy atom. The number of carbonyl (C=O) groups is 1. The molecule has 0 atom stereocenters. The molecule has 0 radical (unpaired) electrons. The number of rotatable bonds is 16. The molecule has 0 amide bonds. The number of hydrogen-bond donors (Lipinski definition) is 0. The van der Waals surface area contributed by atoms with Crippen LogP contribution in [-0.2, 0) is 11.2 Å². The summed E-state index contributed by atoms with van der Waals surface area (Å²) in [7, 11) is 0. The Morgan fingerprint density at radius 3 is 1.64 bits per heavy atom. The first-order valence-corrected chi connectivity index (χ1v) is 11.3. The van der Waals surface area contributed by atoms with Crippen molar-refractivity contribution in [3.63, 3.8) is 0 Å². The van der Waals surface area contributed by atoms with Crippen LogP contribution in [0.4, 0.5) is 0 Å². The fraction of sp³-hybridized carbons (Fsp3) is 0.696. The van der Waals surface area contributed by atoms with E-state index in [1.165, 1.54) is 77.0 Å². The van der Waals surface area contributed by atoms with E-state index >= 15 is 0 Å². The average Bonchev–Trinajstić information content (AvgIpc) is 2.61. The Kier molecular flexibility index (Phi) is 14.0. The Morgan fingerprint density at radius 2 is 1.16 bits per heavy atom. The second-order valence-electron chi connectivity index (χ2n) is 7.33. The molecule has 0 aliphatic carbocycles. The maximum absolute atomic E-state index is 12.0. The third-order valence-corrected chi connectivity index (χ3v) is 5.40. The highest BCUT2D eigenvalue weighted by Crippen LogP contribution is 2.14. The van der Waals surface area contributed by atoms with Gasteiger partial charge < -0.3 is 0 Å². The first-order chi connectivity index (χ1) is 12.2. The lowest BCUT2D eigenvalue weighted by Gasteiger charge is -2.04. The molecule has 0 bridgehead atoms. The molecule has 0 spiro atoms. The second-order valence-corrected chi connectivity index (χ2v) is 8.25. The van der Waals surface area contributed by atoms with E-state index in [-0.39, 0.29) is 0 Å². The summed E-state index contributed by atoms with van der Waals surface area (Å²) in [5, 5.41) is 0. The summed E-state index contributed by atoms with van der Waals surface area (Å²) in [5.41, 5.74) is 1.13. The van der Waals surface area contributed by atoms with Crippen LogP contribution < -0.4 is 0 Å². The Bertz CT molecular complexity index is 438. The van der Waals surface area contributed by atoms with Gasteiger partial charge in [-0.2, -0.15) is 0 Å². The number of unbranched alkanes of at least 4 members (excludes halogenated alkanes) is 12. The molecule has 0 aliphatic heterocycles. The van der Waals surface area contributed by atoms with Crippen molar-refractivity contribution in [2.75, 3.05) is 0 Å². The van der Waals surface area contributed by atoms with Gasteiger partial charge in [-0.25, -0.2) is 0 Å². The van der Waals surface area contributed by atoms with Crippen molar-refractivity contribution in [2.45, 2.75) is 103 Å². The van der Waals surface area contributed by atoms with Crippen molar-refractivity contribution in [2.24, 2.45) is 0 Å². The number of carbonyl (C=O) groups excluding carboxylic acids is 1. The first-order valence-electron chi connectivity index (χ1n) is 10.5. The summed E-state index contributed by atoms with van der Waals surface area (Å²) < 4.78 is 1.07. The van der Waals surface area contributed by atoms with Crippen LogP contribution in [0.15, 0.2) is 28.7 Å². The molecule has 0 saturated carbocycles. The lowest BCUT2D eigenvalue weighted by molar-refractivity contribution is -0.118. The highest BCUT2D eigenvalue weighted by Gasteiger charge is 2.03. The van der Waals surface area contributed by atoms with Gasteiger partial charge in [-0.3, -0.25) is 4.79 Å². The minimum absolute atomic E-state index is 0.380. The van der Waals surface area contributed by atoms with Gasteiger partial charge in [0.1, 0.15) is 5.78 Å². The molecular weight excluding hydrogens is 372 g/mol. The third-order valence-electron chi connectivity index (χ3n) is 4.87. The molecule has 0 unspecified atom stereocenters. The van der Waals surface area contributed by atoms with Crippen LogP contribution >= 0.6 is 15.9 Å². The largest absolute Gasteiger partial charge is 0.299 e. The lowest BCUT2D eigenvalue weighted by Crippen LogP contribution is -2.02. The van der Waals surface area contributed by atoms with Crippen molar-refractivity contribution >= 4 is 21.7 Å². The first kappa shape index (κ1) is 22.4. The lowest BCUT2D eigenvalue weighted by atomic mass is 10.0. The zero-order valence-corrected chi connectivity index (χ0v) is 17.8. The molecule has 25 heavy (non-hydrogen) atoms. The van der Waals surface area contributed by atoms with E-state index in [9.17, 15) is 4.79 Å². The highest BCUT2D eigenvalue weighted by molar-refractivity contribution is 9.10. The van der Waals surface area contributed by atoms with Gasteiger partial charge >= 0.3 is 0 Å². The van der Waals surface area contributed by atoms with Crippen molar-refractivity contribution in [3.05, 3.63) is 34.3 Å². The molecule has 2 heteroatoms. The minimum atomic E-state index is 0.380. The topological polar surface area (TPSA) is 17.1 Å². The van der Waals surface area contributed by atoms with E-state index in [0.29, 0.717) is 12.2 Å². The highest BCUT2D eigenvalue weighted by atomic mass is 79.9. The summed E-state index contributed by atoms with van der Waals surface area (Å²) in [6.07, 6.45) is 18.9. The van der Waals surface area contributed by atoms with Crippen molar-refractivity contribution in [1.29, 1.82) is 0 Å². The van der Waals surface area contributed by atoms with Crippen molar-refractivity contribution in [3.8, 4) is 0 Å². The zero-order valence-electron chi connectivity index (χ0n) is 16.2. The summed E-state index contributed by atoms with van der Waals surface area (Å²) >= 11 is 3.42. The van der Waals surface area contributed by atoms with Crippen LogP contribution in [0, 0.1) is 0 Å². The van der Waals surface area contributed by atoms with E-state index in [1.807, 2.05) is 24.3 Å². The summed E-state index contributed by atoms with van der Waals surface area (Å²) in [5.74, 6) is 0.380. The SMILES string of the molecule is CCCCCCCCCCCCCCCC(=O)Cc1ccc(Br)cc1. The van der Waals surface area contributed by atoms with Gasteiger partial charge in [-0.15, -0.1) is 0 Å². The van der Waals surface area contributed by atoms with E-state index in [1.54, 1.807) is 0 Å². The maximum Gasteiger partial charge on any atom is 0.137 e. The standard InChI is InChI=1S/C23H37BrO/c1-2-3-4-5-6-7-8-9-10-11-12-13-14-15-23(25)20-21-16-18-22(24)19-17-21/h16-19H,2-15,20H2,1H3. The predicted molar refractivity (Wildman–Crippen MR) is 113 cm³/mol. The van der Waals surface area contributed by atoms with Crippen LogP contribution in [0.3, 0.4) is 0 Å². The predicted octanol–water partition coefficient (Wildman–Crippen LogP) is 8.04. The molecule has 0 aliphatic rings. The number of hydrogen-bond acceptors (Lipinski definition) is 1. The second kappa shape index (κ2) is 15.6. The van der Waals surface area contributed by atoms with Gasteiger partial charge in [-0.05, 0) is 24.1 Å². The quantitative estimate of drug-likeness (QED) is 0.253. The molecule has 0 saturated heterocycles. The van der Waals surface area contributed by atoms with E-state index in [4.69, 9.17) is 0 Å². The number of benzene rings is 1. The van der Waals surface area contributed by atoms with E-state index < -0.39 is 0 Å². The molecule has 0 fully saturated rings. The Labute approximate surface area is 164 Å². The maximum atomic E-state index is 12.0. The minimum Gasteiger partial charge on any atom is -0.299 e. The summed E-state index contributed by atoms with van der Waals surface area (Å²) in [6, 6.07) is 8.08. The number of halogens is 1. The van der Waals surface area contributed by atoms with Gasteiger partial charge in [-0.1, -0.05) is 112 Å². The Hall–Kier alpha value is -0.630. The van der Waals surface area contributed by atoms with Crippen molar-refractivity contribution in [1.82, 2.24) is 0 Å². The fourth-order valence-electron chi connectivity index (χ4n) is 3.26. The monoisotopic (exact) mass is 408 g/mol. The Balaban J connectivity index is 1.85. The van der Waals surface area contributed by atoms with Gasteiger partial charge in [0.05, 0.1) is 0 Å². The van der Waals surface area contributed by atoms with E-state index in [2.05, 4.69) is 22.9 Å². The van der Waals surface area contributed by atoms with Gasteiger partial charge in [0.25, 0.3) is 0 Å². The van der Waals surface area contributed by atoms with Crippen LogP contribution in [0.25, 0.3) is 0 Å². The summed E-state index contributed by atoms with van der Waals surface area (Å²) in [6.45, 7) is 2.28. The van der Waals surface area contributed by atoms with Crippen LogP contribution in [0.1, 0.15) is 102 Å². The van der Waals surface area contributed by atoms with Crippen LogP contribution in [0.5, 0.6) is 0 Å². The molecule has 1 aromatic carbocycles. The van der Waals surface area contributed by atoms with Gasteiger partial charge in [0.2, 0.25) is 0 Å². The van der Waals surface area contributed by atoms with E-state index in [0.717, 1.165) is 22.9 Å². The molecule has 1 rings (SSSR count). The fourth-order valence-corrected chi connectivity index (χ4v) is 3.52. The molecule has 0 aromatic heterocycles. The van der Waals surface area contributed by atoms with Gasteiger partial charge in [0.15, 0.2) is 0 Å². The van der Waals surface area contributed by atoms with Crippen LogP contribution in [0.2, 0.25) is 0 Å². The normalized spacial score (nSPS) is 11.0. The van der Waals surface area contributed by atoms with Crippen molar-refractivity contribution < 1.29 is 4.79 Å². The third kappa shape index (κ3) is 13.3. The molecular formula is C23H37BrO. The average molecular weight is 409 g/mol. The van der Waals surface area contributed by atoms with Gasteiger partial charge in [0, 0.05) is 17.3 Å². The summed E-state index contributed by atoms with van der Waals surface area (Å²) in [4.78, 5) is 12.0. The molecule has 1 aromatic rings. The number of Topliss-reactive ketones (excluding diaryl/α,β-unsaturated/α-hetero) is 1. The molecule has 1 nitrogen and oxygen atoms in total. The molecule has 0 N–H and O–H groups in total. The van der Waals surface area contributed by atoms with Crippen LogP contribution in [-0.4, -0.2) is 5.78 Å². The molecule has 142 valence electrons. The molecule has 0 heterocycles. The number of ketones is 1.